The highest BCUT2D eigenvalue weighted by molar-refractivity contribution is 9.10. The third kappa shape index (κ3) is 3.39. The molecule has 2 aromatic carbocycles. The SMILES string of the molecule is CCCc1ccccc1NC(=O)c1ccc(Br)cc1N. The number of rotatable bonds is 4. The fourth-order valence-corrected chi connectivity index (χ4v) is 2.44. The molecule has 0 bridgehead atoms. The summed E-state index contributed by atoms with van der Waals surface area (Å²) >= 11 is 3.33. The minimum atomic E-state index is -0.182. The van der Waals surface area contributed by atoms with E-state index in [9.17, 15) is 4.79 Å². The molecular weight excluding hydrogens is 316 g/mol. The molecule has 0 spiro atoms. The number of para-hydroxylation sites is 1. The lowest BCUT2D eigenvalue weighted by Crippen LogP contribution is -2.15. The second kappa shape index (κ2) is 6.57. The Bertz CT molecular complexity index is 626. The number of hydrogen-bond acceptors (Lipinski definition) is 2. The first-order valence-corrected chi connectivity index (χ1v) is 7.35. The summed E-state index contributed by atoms with van der Waals surface area (Å²) in [7, 11) is 0. The topological polar surface area (TPSA) is 55.1 Å². The van der Waals surface area contributed by atoms with Crippen molar-refractivity contribution in [2.75, 3.05) is 11.1 Å². The molecule has 0 aliphatic heterocycles. The van der Waals surface area contributed by atoms with E-state index >= 15 is 0 Å². The van der Waals surface area contributed by atoms with E-state index in [1.165, 1.54) is 0 Å². The van der Waals surface area contributed by atoms with Crippen LogP contribution in [0.1, 0.15) is 29.3 Å². The Hall–Kier alpha value is -1.81. The lowest BCUT2D eigenvalue weighted by atomic mass is 10.1. The Labute approximate surface area is 127 Å². The molecule has 4 heteroatoms. The summed E-state index contributed by atoms with van der Waals surface area (Å²) < 4.78 is 0.859. The predicted octanol–water partition coefficient (Wildman–Crippen LogP) is 4.24. The average Bonchev–Trinajstić information content (AvgIpc) is 2.41. The molecule has 1 amide bonds. The van der Waals surface area contributed by atoms with Crippen LogP contribution in [0, 0.1) is 0 Å². The minimum Gasteiger partial charge on any atom is -0.398 e. The quantitative estimate of drug-likeness (QED) is 0.823. The van der Waals surface area contributed by atoms with Crippen LogP contribution in [0.3, 0.4) is 0 Å². The van der Waals surface area contributed by atoms with Crippen molar-refractivity contribution in [1.29, 1.82) is 0 Å². The zero-order valence-corrected chi connectivity index (χ0v) is 12.9. The van der Waals surface area contributed by atoms with Gasteiger partial charge in [-0.3, -0.25) is 4.79 Å². The Balaban J connectivity index is 2.23. The van der Waals surface area contributed by atoms with Gasteiger partial charge < -0.3 is 11.1 Å². The molecule has 20 heavy (non-hydrogen) atoms. The number of nitrogens with one attached hydrogen (secondary N) is 1. The lowest BCUT2D eigenvalue weighted by Gasteiger charge is -2.11. The van der Waals surface area contributed by atoms with Crippen molar-refractivity contribution in [2.24, 2.45) is 0 Å². The highest BCUT2D eigenvalue weighted by Crippen LogP contribution is 2.22. The maximum Gasteiger partial charge on any atom is 0.257 e. The fourth-order valence-electron chi connectivity index (χ4n) is 2.06. The van der Waals surface area contributed by atoms with Crippen molar-refractivity contribution in [3.63, 3.8) is 0 Å². The van der Waals surface area contributed by atoms with Crippen LogP contribution in [0.5, 0.6) is 0 Å². The monoisotopic (exact) mass is 332 g/mol. The highest BCUT2D eigenvalue weighted by atomic mass is 79.9. The number of carbonyl (C=O) groups is 1. The van der Waals surface area contributed by atoms with E-state index in [1.807, 2.05) is 30.3 Å². The van der Waals surface area contributed by atoms with Gasteiger partial charge in [0.2, 0.25) is 0 Å². The van der Waals surface area contributed by atoms with Crippen LogP contribution in [0.25, 0.3) is 0 Å². The molecule has 2 rings (SSSR count). The molecule has 0 aliphatic rings. The van der Waals surface area contributed by atoms with Gasteiger partial charge in [-0.25, -0.2) is 0 Å². The Morgan fingerprint density at radius 3 is 2.70 bits per heavy atom. The zero-order valence-electron chi connectivity index (χ0n) is 11.3. The molecule has 0 saturated carbocycles. The summed E-state index contributed by atoms with van der Waals surface area (Å²) in [6.07, 6.45) is 1.97. The van der Waals surface area contributed by atoms with Gasteiger partial charge in [-0.1, -0.05) is 47.5 Å². The molecule has 0 aliphatic carbocycles. The van der Waals surface area contributed by atoms with E-state index < -0.39 is 0 Å². The first-order valence-electron chi connectivity index (χ1n) is 6.56. The number of aryl methyl sites for hydroxylation is 1. The number of carbonyl (C=O) groups excluding carboxylic acids is 1. The summed E-state index contributed by atoms with van der Waals surface area (Å²) in [5, 5.41) is 2.94. The van der Waals surface area contributed by atoms with Gasteiger partial charge in [-0.15, -0.1) is 0 Å². The molecule has 0 saturated heterocycles. The fraction of sp³-hybridized carbons (Fsp3) is 0.188. The van der Waals surface area contributed by atoms with E-state index in [0.29, 0.717) is 11.3 Å². The standard InChI is InChI=1S/C16H17BrN2O/c1-2-5-11-6-3-4-7-15(11)19-16(20)13-9-8-12(17)10-14(13)18/h3-4,6-10H,2,5,18H2,1H3,(H,19,20). The van der Waals surface area contributed by atoms with E-state index in [1.54, 1.807) is 12.1 Å². The Morgan fingerprint density at radius 1 is 1.25 bits per heavy atom. The van der Waals surface area contributed by atoms with Crippen LogP contribution in [0.15, 0.2) is 46.9 Å². The number of hydrogen-bond donors (Lipinski definition) is 2. The largest absolute Gasteiger partial charge is 0.398 e. The van der Waals surface area contributed by atoms with Gasteiger partial charge in [0.1, 0.15) is 0 Å². The van der Waals surface area contributed by atoms with Crippen molar-refractivity contribution in [3.8, 4) is 0 Å². The maximum absolute atomic E-state index is 12.3. The third-order valence-electron chi connectivity index (χ3n) is 3.04. The van der Waals surface area contributed by atoms with Crippen molar-refractivity contribution < 1.29 is 4.79 Å². The Morgan fingerprint density at radius 2 is 2.00 bits per heavy atom. The zero-order chi connectivity index (χ0) is 14.5. The molecule has 0 aromatic heterocycles. The van der Waals surface area contributed by atoms with Crippen LogP contribution in [0.4, 0.5) is 11.4 Å². The van der Waals surface area contributed by atoms with Crippen molar-refractivity contribution in [1.82, 2.24) is 0 Å². The van der Waals surface area contributed by atoms with Gasteiger partial charge >= 0.3 is 0 Å². The van der Waals surface area contributed by atoms with Gasteiger partial charge in [0.05, 0.1) is 5.56 Å². The minimum absolute atomic E-state index is 0.182. The first kappa shape index (κ1) is 14.6. The van der Waals surface area contributed by atoms with Crippen LogP contribution in [0.2, 0.25) is 0 Å². The lowest BCUT2D eigenvalue weighted by molar-refractivity contribution is 0.102. The third-order valence-corrected chi connectivity index (χ3v) is 3.54. The summed E-state index contributed by atoms with van der Waals surface area (Å²) in [5.74, 6) is -0.182. The highest BCUT2D eigenvalue weighted by Gasteiger charge is 2.11. The second-order valence-electron chi connectivity index (χ2n) is 4.59. The van der Waals surface area contributed by atoms with E-state index in [4.69, 9.17) is 5.73 Å². The number of benzene rings is 2. The van der Waals surface area contributed by atoms with Crippen molar-refractivity contribution >= 4 is 33.2 Å². The molecule has 0 unspecified atom stereocenters. The summed E-state index contributed by atoms with van der Waals surface area (Å²) in [6.45, 7) is 2.12. The predicted molar refractivity (Wildman–Crippen MR) is 86.9 cm³/mol. The number of anilines is 2. The first-order chi connectivity index (χ1) is 9.61. The van der Waals surface area contributed by atoms with E-state index in [-0.39, 0.29) is 5.91 Å². The molecule has 0 radical (unpaired) electrons. The van der Waals surface area contributed by atoms with Gasteiger partial charge in [0.15, 0.2) is 0 Å². The maximum atomic E-state index is 12.3. The van der Waals surface area contributed by atoms with Gasteiger partial charge in [-0.2, -0.15) is 0 Å². The second-order valence-corrected chi connectivity index (χ2v) is 5.51. The van der Waals surface area contributed by atoms with Gasteiger partial charge in [0, 0.05) is 15.8 Å². The Kier molecular flexibility index (Phi) is 4.79. The molecule has 0 atom stereocenters. The summed E-state index contributed by atoms with van der Waals surface area (Å²) in [4.78, 5) is 12.3. The van der Waals surface area contributed by atoms with Crippen LogP contribution < -0.4 is 11.1 Å². The normalized spacial score (nSPS) is 10.3. The van der Waals surface area contributed by atoms with E-state index in [0.717, 1.165) is 28.6 Å². The van der Waals surface area contributed by atoms with Crippen LogP contribution >= 0.6 is 15.9 Å². The molecule has 0 fully saturated rings. The smallest absolute Gasteiger partial charge is 0.257 e. The summed E-state index contributed by atoms with van der Waals surface area (Å²) in [5.41, 5.74) is 8.82. The molecule has 104 valence electrons. The number of halogens is 1. The molecule has 3 N–H and O–H groups in total. The number of nitrogen functional groups attached to an aromatic ring is 1. The van der Waals surface area contributed by atoms with E-state index in [2.05, 4.69) is 28.2 Å². The van der Waals surface area contributed by atoms with Crippen molar-refractivity contribution in [2.45, 2.75) is 19.8 Å². The van der Waals surface area contributed by atoms with Crippen molar-refractivity contribution in [3.05, 3.63) is 58.1 Å². The van der Waals surface area contributed by atoms with Crippen LogP contribution in [-0.4, -0.2) is 5.91 Å². The van der Waals surface area contributed by atoms with Gasteiger partial charge in [0.25, 0.3) is 5.91 Å². The van der Waals surface area contributed by atoms with Gasteiger partial charge in [-0.05, 0) is 36.2 Å². The number of nitrogens with two attached hydrogens (primary N) is 1. The van der Waals surface area contributed by atoms with Crippen LogP contribution in [-0.2, 0) is 6.42 Å². The number of amides is 1. The molecule has 3 nitrogen and oxygen atoms in total. The molecular formula is C16H17BrN2O. The summed E-state index contributed by atoms with van der Waals surface area (Å²) in [6, 6.07) is 13.1. The molecule has 2 aromatic rings. The molecule has 0 heterocycles. The average molecular weight is 333 g/mol.